The van der Waals surface area contributed by atoms with Crippen LogP contribution in [0.25, 0.3) is 0 Å². The molecule has 0 aromatic heterocycles. The summed E-state index contributed by atoms with van der Waals surface area (Å²) in [5.41, 5.74) is 1.08. The molecule has 1 unspecified atom stereocenters. The van der Waals surface area contributed by atoms with Gasteiger partial charge in [0.25, 0.3) is 5.91 Å². The number of aliphatic hydroxyl groups is 1. The number of imide groups is 1. The van der Waals surface area contributed by atoms with Gasteiger partial charge in [0.2, 0.25) is 0 Å². The minimum Gasteiger partial charge on any atom is -0.390 e. The molecule has 7 nitrogen and oxygen atoms in total. The number of urea groups is 1. The average Bonchev–Trinajstić information content (AvgIpc) is 3.11. The van der Waals surface area contributed by atoms with Gasteiger partial charge in [0.05, 0.1) is 23.4 Å². The number of nitrogens with zero attached hydrogens (tertiary/aromatic N) is 4. The van der Waals surface area contributed by atoms with Crippen LogP contribution in [-0.2, 0) is 10.3 Å². The maximum Gasteiger partial charge on any atom is 0.328 e. The predicted octanol–water partition coefficient (Wildman–Crippen LogP) is 3.66. The van der Waals surface area contributed by atoms with Crippen LogP contribution < -0.4 is 4.90 Å². The summed E-state index contributed by atoms with van der Waals surface area (Å²) in [6.07, 6.45) is -0.832. The normalized spacial score (nSPS) is 18.9. The molecule has 192 valence electrons. The molecule has 0 aliphatic carbocycles. The second-order valence-electron chi connectivity index (χ2n) is 9.59. The van der Waals surface area contributed by atoms with E-state index < -0.39 is 17.7 Å². The minimum atomic E-state index is -1.34. The third kappa shape index (κ3) is 4.59. The highest BCUT2D eigenvalue weighted by Crippen LogP contribution is 2.42. The maximum atomic E-state index is 13.8. The summed E-state index contributed by atoms with van der Waals surface area (Å²) in [4.78, 5) is 34.3. The summed E-state index contributed by atoms with van der Waals surface area (Å²) in [6, 6.07) is 26.1. The van der Waals surface area contributed by atoms with E-state index in [-0.39, 0.29) is 12.5 Å². The number of piperazine rings is 1. The number of likely N-dealkylation sites (N-methyl/N-ethyl adjacent to an activating group) is 1. The van der Waals surface area contributed by atoms with E-state index in [0.717, 1.165) is 41.8 Å². The van der Waals surface area contributed by atoms with Gasteiger partial charge in [-0.15, -0.1) is 0 Å². The van der Waals surface area contributed by atoms with E-state index in [1.54, 1.807) is 0 Å². The number of carbonyl (C=O) groups excluding carboxylic acids is 2. The maximum absolute atomic E-state index is 13.8. The van der Waals surface area contributed by atoms with Gasteiger partial charge < -0.3 is 10.0 Å². The Kier molecular flexibility index (Phi) is 7.20. The fourth-order valence-corrected chi connectivity index (χ4v) is 5.77. The zero-order valence-corrected chi connectivity index (χ0v) is 21.6. The van der Waals surface area contributed by atoms with Crippen molar-refractivity contribution < 1.29 is 14.7 Å². The second kappa shape index (κ2) is 10.5. The molecule has 3 aromatic rings. The molecular weight excluding hydrogens is 488 g/mol. The third-order valence-electron chi connectivity index (χ3n) is 7.35. The largest absolute Gasteiger partial charge is 0.390 e. The topological polar surface area (TPSA) is 67.3 Å². The molecule has 2 saturated heterocycles. The van der Waals surface area contributed by atoms with Crippen LogP contribution in [0.5, 0.6) is 0 Å². The zero-order chi connectivity index (χ0) is 26.0. The highest BCUT2D eigenvalue weighted by molar-refractivity contribution is 6.33. The summed E-state index contributed by atoms with van der Waals surface area (Å²) in [5.74, 6) is -0.324. The monoisotopic (exact) mass is 518 g/mol. The van der Waals surface area contributed by atoms with Crippen LogP contribution in [0, 0.1) is 0 Å². The van der Waals surface area contributed by atoms with Crippen LogP contribution in [-0.4, -0.2) is 84.2 Å². The number of halogens is 1. The van der Waals surface area contributed by atoms with Crippen molar-refractivity contribution >= 4 is 29.2 Å². The van der Waals surface area contributed by atoms with Gasteiger partial charge in [0.15, 0.2) is 5.54 Å². The first-order chi connectivity index (χ1) is 17.9. The molecule has 0 radical (unpaired) electrons. The number of hydrogen-bond donors (Lipinski definition) is 1. The van der Waals surface area contributed by atoms with Crippen LogP contribution >= 0.6 is 11.6 Å². The van der Waals surface area contributed by atoms with Gasteiger partial charge in [-0.05, 0) is 23.3 Å². The molecule has 1 N–H and O–H groups in total. The summed E-state index contributed by atoms with van der Waals surface area (Å²) < 4.78 is 0. The van der Waals surface area contributed by atoms with Crippen LogP contribution in [0.15, 0.2) is 84.9 Å². The van der Waals surface area contributed by atoms with Gasteiger partial charge in [-0.2, -0.15) is 0 Å². The van der Waals surface area contributed by atoms with Gasteiger partial charge in [0.1, 0.15) is 0 Å². The molecule has 3 aromatic carbocycles. The van der Waals surface area contributed by atoms with Gasteiger partial charge >= 0.3 is 6.03 Å². The van der Waals surface area contributed by atoms with Crippen molar-refractivity contribution in [2.75, 3.05) is 51.2 Å². The molecule has 1 atom stereocenters. The SMILES string of the molecule is CN1C(=O)N(CC(O)CN2CCN(c3ccccc3Cl)CC2)C(c2ccccc2)(c2ccccc2)C1=O. The Morgan fingerprint density at radius 2 is 1.35 bits per heavy atom. The van der Waals surface area contributed by atoms with Gasteiger partial charge in [0, 0.05) is 39.8 Å². The third-order valence-corrected chi connectivity index (χ3v) is 7.67. The molecule has 2 aliphatic heterocycles. The summed E-state index contributed by atoms with van der Waals surface area (Å²) in [5, 5.41) is 11.9. The molecule has 0 bridgehead atoms. The molecule has 2 aliphatic rings. The highest BCUT2D eigenvalue weighted by Gasteiger charge is 2.58. The highest BCUT2D eigenvalue weighted by atomic mass is 35.5. The minimum absolute atomic E-state index is 0.0312. The molecule has 37 heavy (non-hydrogen) atoms. The Morgan fingerprint density at radius 3 is 1.92 bits per heavy atom. The van der Waals surface area contributed by atoms with Crippen LogP contribution in [0.3, 0.4) is 0 Å². The first-order valence-corrected chi connectivity index (χ1v) is 12.9. The molecule has 5 rings (SSSR count). The Balaban J connectivity index is 1.36. The number of benzene rings is 3. The number of rotatable bonds is 7. The second-order valence-corrected chi connectivity index (χ2v) is 10.00. The van der Waals surface area contributed by atoms with E-state index in [0.29, 0.717) is 17.7 Å². The molecule has 8 heteroatoms. The van der Waals surface area contributed by atoms with Gasteiger partial charge in [-0.3, -0.25) is 19.5 Å². The molecule has 2 fully saturated rings. The average molecular weight is 519 g/mol. The van der Waals surface area contributed by atoms with E-state index in [4.69, 9.17) is 11.6 Å². The summed E-state index contributed by atoms with van der Waals surface area (Å²) in [6.45, 7) is 3.53. The van der Waals surface area contributed by atoms with Crippen molar-refractivity contribution in [3.63, 3.8) is 0 Å². The lowest BCUT2D eigenvalue weighted by molar-refractivity contribution is -0.131. The molecule has 0 saturated carbocycles. The van der Waals surface area contributed by atoms with E-state index in [2.05, 4.69) is 9.80 Å². The molecular formula is C29H31ClN4O3. The molecule has 2 heterocycles. The first kappa shape index (κ1) is 25.3. The van der Waals surface area contributed by atoms with Crippen molar-refractivity contribution in [3.05, 3.63) is 101 Å². The van der Waals surface area contributed by atoms with Crippen molar-refractivity contribution in [3.8, 4) is 0 Å². The number of anilines is 1. The van der Waals surface area contributed by atoms with E-state index in [1.165, 1.54) is 11.9 Å². The molecule has 0 spiro atoms. The fraction of sp³-hybridized carbons (Fsp3) is 0.310. The number of amides is 3. The summed E-state index contributed by atoms with van der Waals surface area (Å²) in [7, 11) is 1.51. The molecule has 3 amide bonds. The van der Waals surface area contributed by atoms with E-state index in [1.807, 2.05) is 84.9 Å². The Bertz CT molecular complexity index is 1210. The summed E-state index contributed by atoms with van der Waals surface area (Å²) >= 11 is 6.37. The Morgan fingerprint density at radius 1 is 0.811 bits per heavy atom. The number of hydrogen-bond acceptors (Lipinski definition) is 5. The zero-order valence-electron chi connectivity index (χ0n) is 20.8. The standard InChI is InChI=1S/C29H31ClN4O3/c1-31-27(36)29(22-10-4-2-5-11-22,23-12-6-3-7-13-23)34(28(31)37)21-24(35)20-32-16-18-33(19-17-32)26-15-9-8-14-25(26)30/h2-15,24,35H,16-21H2,1H3. The van der Waals surface area contributed by atoms with Gasteiger partial charge in [-0.1, -0.05) is 84.4 Å². The van der Waals surface area contributed by atoms with Crippen molar-refractivity contribution in [2.24, 2.45) is 0 Å². The van der Waals surface area contributed by atoms with Crippen molar-refractivity contribution in [1.29, 1.82) is 0 Å². The number of para-hydroxylation sites is 1. The van der Waals surface area contributed by atoms with Crippen molar-refractivity contribution in [2.45, 2.75) is 11.6 Å². The first-order valence-electron chi connectivity index (χ1n) is 12.5. The van der Waals surface area contributed by atoms with Gasteiger partial charge in [-0.25, -0.2) is 4.79 Å². The predicted molar refractivity (Wildman–Crippen MR) is 145 cm³/mol. The van der Waals surface area contributed by atoms with Crippen molar-refractivity contribution in [1.82, 2.24) is 14.7 Å². The Labute approximate surface area is 222 Å². The smallest absolute Gasteiger partial charge is 0.328 e. The van der Waals surface area contributed by atoms with E-state index in [9.17, 15) is 14.7 Å². The number of carbonyl (C=O) groups is 2. The van der Waals surface area contributed by atoms with Crippen LogP contribution in [0.2, 0.25) is 5.02 Å². The lowest BCUT2D eigenvalue weighted by Gasteiger charge is -2.39. The van der Waals surface area contributed by atoms with Crippen LogP contribution in [0.4, 0.5) is 10.5 Å². The van der Waals surface area contributed by atoms with Crippen LogP contribution in [0.1, 0.15) is 11.1 Å². The lowest BCUT2D eigenvalue weighted by atomic mass is 9.81. The number of β-amino-alcohol motifs (C(OH)–C–C–N with tert-alkyl or cyclic N) is 1. The fourth-order valence-electron chi connectivity index (χ4n) is 5.51. The number of aliphatic hydroxyl groups excluding tert-OH is 1. The quantitative estimate of drug-likeness (QED) is 0.483. The Hall–Kier alpha value is -3.39. The van der Waals surface area contributed by atoms with E-state index >= 15 is 0 Å². The lowest BCUT2D eigenvalue weighted by Crippen LogP contribution is -2.53.